The molecule has 4 rings (SSSR count). The van der Waals surface area contributed by atoms with Gasteiger partial charge in [-0.1, -0.05) is 32.0 Å². The van der Waals surface area contributed by atoms with Crippen LogP contribution in [0.2, 0.25) is 0 Å². The van der Waals surface area contributed by atoms with Crippen LogP contribution in [0, 0.1) is 5.92 Å². The quantitative estimate of drug-likeness (QED) is 0.496. The zero-order valence-electron chi connectivity index (χ0n) is 22.3. The zero-order valence-corrected chi connectivity index (χ0v) is 22.3. The normalized spacial score (nSPS) is 22.5. The number of carbonyl (C=O) groups excluding carboxylic acids is 1. The highest BCUT2D eigenvalue weighted by Gasteiger charge is 2.48. The topological polar surface area (TPSA) is 88.5 Å². The summed E-state index contributed by atoms with van der Waals surface area (Å²) < 4.78 is 16.4. The molecule has 2 aliphatic heterocycles. The molecule has 8 nitrogen and oxygen atoms in total. The Bertz CT molecular complexity index is 1090. The molecule has 2 heterocycles. The molecule has 0 radical (unpaired) electrons. The van der Waals surface area contributed by atoms with Crippen molar-refractivity contribution in [1.82, 2.24) is 9.80 Å². The lowest BCUT2D eigenvalue weighted by Crippen LogP contribution is -2.48. The number of nitrogens with zero attached hydrogens (tertiary/aromatic N) is 2. The molecule has 200 valence electrons. The third-order valence-corrected chi connectivity index (χ3v) is 7.92. The van der Waals surface area contributed by atoms with Crippen LogP contribution in [0.15, 0.2) is 42.5 Å². The van der Waals surface area contributed by atoms with E-state index < -0.39 is 17.9 Å². The van der Waals surface area contributed by atoms with Crippen molar-refractivity contribution in [2.45, 2.75) is 64.6 Å². The largest absolute Gasteiger partial charge is 0.497 e. The summed E-state index contributed by atoms with van der Waals surface area (Å²) in [7, 11) is 1.60. The van der Waals surface area contributed by atoms with E-state index in [1.54, 1.807) is 7.11 Å². The molecule has 1 amide bonds. The maximum absolute atomic E-state index is 13.7. The van der Waals surface area contributed by atoms with Crippen LogP contribution in [-0.4, -0.2) is 65.9 Å². The number of rotatable bonds is 10. The van der Waals surface area contributed by atoms with Crippen molar-refractivity contribution in [3.05, 3.63) is 53.6 Å². The van der Waals surface area contributed by atoms with Gasteiger partial charge in [0.1, 0.15) is 5.75 Å². The molecule has 37 heavy (non-hydrogen) atoms. The smallest absolute Gasteiger partial charge is 0.309 e. The summed E-state index contributed by atoms with van der Waals surface area (Å²) in [6.45, 7) is 9.06. The SMILES string of the molecule is CCC(C)N(C(=O)CN1CC(c2ccc3c(c2)OCO3)C(C(=O)O)C1c1ccc(OC)cc1)C(C)CC. The van der Waals surface area contributed by atoms with Gasteiger partial charge in [-0.2, -0.15) is 0 Å². The van der Waals surface area contributed by atoms with E-state index in [0.717, 1.165) is 24.0 Å². The molecule has 5 atom stereocenters. The maximum Gasteiger partial charge on any atom is 0.309 e. The van der Waals surface area contributed by atoms with Gasteiger partial charge in [0.25, 0.3) is 0 Å². The van der Waals surface area contributed by atoms with Gasteiger partial charge in [-0.25, -0.2) is 0 Å². The number of carboxylic acids is 1. The van der Waals surface area contributed by atoms with E-state index in [1.807, 2.05) is 52.3 Å². The number of aliphatic carboxylic acids is 1. The number of amides is 1. The van der Waals surface area contributed by atoms with Gasteiger partial charge in [0, 0.05) is 30.6 Å². The Morgan fingerprint density at radius 1 is 1.03 bits per heavy atom. The Balaban J connectivity index is 1.72. The molecule has 0 spiro atoms. The number of likely N-dealkylation sites (tertiary alicyclic amines) is 1. The van der Waals surface area contributed by atoms with Gasteiger partial charge in [-0.05, 0) is 62.1 Å². The van der Waals surface area contributed by atoms with E-state index in [9.17, 15) is 14.7 Å². The van der Waals surface area contributed by atoms with Gasteiger partial charge in [0.05, 0.1) is 19.6 Å². The molecule has 0 bridgehead atoms. The molecule has 2 aromatic carbocycles. The minimum atomic E-state index is -0.890. The highest BCUT2D eigenvalue weighted by Crippen LogP contribution is 2.47. The van der Waals surface area contributed by atoms with Crippen molar-refractivity contribution in [1.29, 1.82) is 0 Å². The van der Waals surface area contributed by atoms with Gasteiger partial charge in [0.15, 0.2) is 11.5 Å². The number of hydrogen-bond acceptors (Lipinski definition) is 6. The van der Waals surface area contributed by atoms with Crippen LogP contribution in [0.25, 0.3) is 0 Å². The molecule has 0 aromatic heterocycles. The number of carbonyl (C=O) groups is 2. The van der Waals surface area contributed by atoms with Crippen LogP contribution >= 0.6 is 0 Å². The number of hydrogen-bond donors (Lipinski definition) is 1. The fourth-order valence-electron chi connectivity index (χ4n) is 5.65. The molecule has 5 unspecified atom stereocenters. The summed E-state index contributed by atoms with van der Waals surface area (Å²) in [5.74, 6) is 0.0388. The molecule has 1 fully saturated rings. The Labute approximate surface area is 219 Å². The zero-order chi connectivity index (χ0) is 26.7. The second-order valence-corrected chi connectivity index (χ2v) is 10.0. The molecular formula is C29H38N2O6. The minimum Gasteiger partial charge on any atom is -0.497 e. The highest BCUT2D eigenvalue weighted by atomic mass is 16.7. The third-order valence-electron chi connectivity index (χ3n) is 7.92. The van der Waals surface area contributed by atoms with E-state index in [2.05, 4.69) is 27.7 Å². The van der Waals surface area contributed by atoms with Gasteiger partial charge in [-0.3, -0.25) is 14.5 Å². The predicted molar refractivity (Wildman–Crippen MR) is 140 cm³/mol. The van der Waals surface area contributed by atoms with E-state index in [4.69, 9.17) is 14.2 Å². The lowest BCUT2D eigenvalue weighted by Gasteiger charge is -2.36. The van der Waals surface area contributed by atoms with Crippen molar-refractivity contribution in [2.75, 3.05) is 27.0 Å². The molecule has 8 heteroatoms. The first-order chi connectivity index (χ1) is 17.8. The standard InChI is InChI=1S/C29H38N2O6/c1-6-18(3)31(19(4)7-2)26(32)16-30-15-23(21-10-13-24-25(14-21)37-17-36-24)27(29(33)34)28(30)20-8-11-22(35-5)12-9-20/h8-14,18-19,23,27-28H,6-7,15-17H2,1-5H3,(H,33,34). The fourth-order valence-corrected chi connectivity index (χ4v) is 5.65. The van der Waals surface area contributed by atoms with Gasteiger partial charge in [-0.15, -0.1) is 0 Å². The van der Waals surface area contributed by atoms with Crippen LogP contribution in [0.5, 0.6) is 17.2 Å². The van der Waals surface area contributed by atoms with Crippen LogP contribution in [-0.2, 0) is 9.59 Å². The van der Waals surface area contributed by atoms with Gasteiger partial charge < -0.3 is 24.2 Å². The highest BCUT2D eigenvalue weighted by molar-refractivity contribution is 5.80. The molecule has 0 saturated carbocycles. The van der Waals surface area contributed by atoms with Gasteiger partial charge >= 0.3 is 5.97 Å². The van der Waals surface area contributed by atoms with Crippen molar-refractivity contribution >= 4 is 11.9 Å². The second-order valence-electron chi connectivity index (χ2n) is 10.0. The monoisotopic (exact) mass is 510 g/mol. The first-order valence-corrected chi connectivity index (χ1v) is 13.1. The summed E-state index contributed by atoms with van der Waals surface area (Å²) in [4.78, 5) is 30.5. The lowest BCUT2D eigenvalue weighted by atomic mass is 9.82. The van der Waals surface area contributed by atoms with Crippen LogP contribution in [0.1, 0.15) is 63.6 Å². The number of ether oxygens (including phenoxy) is 3. The van der Waals surface area contributed by atoms with E-state index in [-0.39, 0.29) is 37.2 Å². The number of benzene rings is 2. The third kappa shape index (κ3) is 5.39. The Morgan fingerprint density at radius 3 is 2.24 bits per heavy atom. The summed E-state index contributed by atoms with van der Waals surface area (Å²) in [6, 6.07) is 12.8. The van der Waals surface area contributed by atoms with Gasteiger partial charge in [0.2, 0.25) is 12.7 Å². The Kier molecular flexibility index (Phi) is 8.27. The summed E-state index contributed by atoms with van der Waals surface area (Å²) >= 11 is 0. The van der Waals surface area contributed by atoms with Crippen molar-refractivity contribution in [3.8, 4) is 17.2 Å². The first-order valence-electron chi connectivity index (χ1n) is 13.1. The van der Waals surface area contributed by atoms with Crippen molar-refractivity contribution in [3.63, 3.8) is 0 Å². The van der Waals surface area contributed by atoms with Crippen molar-refractivity contribution < 1.29 is 28.9 Å². The summed E-state index contributed by atoms with van der Waals surface area (Å²) in [6.07, 6.45) is 1.71. The number of fused-ring (bicyclic) bond motifs is 1. The Hall–Kier alpha value is -3.26. The summed E-state index contributed by atoms with van der Waals surface area (Å²) in [5.41, 5.74) is 1.72. The first kappa shape index (κ1) is 26.8. The van der Waals surface area contributed by atoms with Crippen LogP contribution in [0.4, 0.5) is 0 Å². The van der Waals surface area contributed by atoms with E-state index >= 15 is 0 Å². The lowest BCUT2D eigenvalue weighted by molar-refractivity contribution is -0.144. The average Bonchev–Trinajstić information content (AvgIpc) is 3.52. The average molecular weight is 511 g/mol. The maximum atomic E-state index is 13.7. The fraction of sp³-hybridized carbons (Fsp3) is 0.517. The molecule has 1 saturated heterocycles. The van der Waals surface area contributed by atoms with E-state index in [0.29, 0.717) is 23.8 Å². The molecule has 1 N–H and O–H groups in total. The molecule has 2 aromatic rings. The predicted octanol–water partition coefficient (Wildman–Crippen LogP) is 4.69. The van der Waals surface area contributed by atoms with E-state index in [1.165, 1.54) is 0 Å². The number of methoxy groups -OCH3 is 1. The van der Waals surface area contributed by atoms with Crippen molar-refractivity contribution in [2.24, 2.45) is 5.92 Å². The number of carboxylic acid groups (broad SMARTS) is 1. The molecule has 0 aliphatic carbocycles. The molecule has 2 aliphatic rings. The van der Waals surface area contributed by atoms with Crippen LogP contribution in [0.3, 0.4) is 0 Å². The van der Waals surface area contributed by atoms with Crippen LogP contribution < -0.4 is 14.2 Å². The Morgan fingerprint density at radius 2 is 1.65 bits per heavy atom. The molecular weight excluding hydrogens is 472 g/mol. The summed E-state index contributed by atoms with van der Waals surface area (Å²) in [5, 5.41) is 10.5. The minimum absolute atomic E-state index is 0.0256. The second kappa shape index (κ2) is 11.4.